The molecule has 1 saturated heterocycles. The Morgan fingerprint density at radius 3 is 2.66 bits per heavy atom. The van der Waals surface area contributed by atoms with Gasteiger partial charge in [-0.2, -0.15) is 23.4 Å². The molecule has 10 nitrogen and oxygen atoms in total. The van der Waals surface area contributed by atoms with Gasteiger partial charge in [-0.25, -0.2) is 9.37 Å². The van der Waals surface area contributed by atoms with E-state index in [9.17, 15) is 27.2 Å². The Morgan fingerprint density at radius 2 is 2.00 bits per heavy atom. The Labute approximate surface area is 215 Å². The molecule has 2 N–H and O–H groups in total. The van der Waals surface area contributed by atoms with Crippen molar-refractivity contribution in [1.82, 2.24) is 35.2 Å². The van der Waals surface area contributed by atoms with Gasteiger partial charge in [-0.15, -0.1) is 0 Å². The lowest BCUT2D eigenvalue weighted by atomic mass is 9.99. The molecule has 14 heteroatoms. The Kier molecular flexibility index (Phi) is 7.69. The molecule has 0 atom stereocenters. The summed E-state index contributed by atoms with van der Waals surface area (Å²) in [6, 6.07) is 3.08. The van der Waals surface area contributed by atoms with Crippen LogP contribution in [-0.4, -0.2) is 61.4 Å². The van der Waals surface area contributed by atoms with Gasteiger partial charge in [0, 0.05) is 30.8 Å². The normalized spacial score (nSPS) is 16.0. The highest BCUT2D eigenvalue weighted by Gasteiger charge is 2.51. The van der Waals surface area contributed by atoms with E-state index in [0.29, 0.717) is 23.7 Å². The van der Waals surface area contributed by atoms with Gasteiger partial charge in [0.1, 0.15) is 5.69 Å². The van der Waals surface area contributed by atoms with Crippen molar-refractivity contribution in [1.29, 1.82) is 0 Å². The van der Waals surface area contributed by atoms with Gasteiger partial charge in [0.25, 0.3) is 5.91 Å². The molecule has 4 heterocycles. The van der Waals surface area contributed by atoms with Gasteiger partial charge in [-0.3, -0.25) is 19.4 Å². The Balaban J connectivity index is 0.000000206. The Bertz CT molecular complexity index is 1300. The first-order chi connectivity index (χ1) is 18.1. The summed E-state index contributed by atoms with van der Waals surface area (Å²) in [6.45, 7) is 0.597. The van der Waals surface area contributed by atoms with Crippen molar-refractivity contribution < 1.29 is 31.9 Å². The Morgan fingerprint density at radius 1 is 1.24 bits per heavy atom. The molecule has 1 aliphatic carbocycles. The maximum absolute atomic E-state index is 14.0. The largest absolute Gasteiger partial charge is 0.481 e. The number of aromatic amines is 1. The van der Waals surface area contributed by atoms with Crippen molar-refractivity contribution in [2.45, 2.75) is 50.4 Å². The number of amides is 2. The van der Waals surface area contributed by atoms with E-state index >= 15 is 0 Å². The van der Waals surface area contributed by atoms with Gasteiger partial charge in [-0.1, -0.05) is 0 Å². The molecular formula is C24H27F4N7O3. The van der Waals surface area contributed by atoms with E-state index in [0.717, 1.165) is 49.3 Å². The van der Waals surface area contributed by atoms with Crippen LogP contribution in [0.1, 0.15) is 53.8 Å². The van der Waals surface area contributed by atoms with E-state index in [1.54, 1.807) is 6.07 Å². The molecule has 1 spiro atoms. The topological polar surface area (TPSA) is 118 Å². The standard InChI is InChI=1S/C17H19FN4O2.C7H8F3N3O/c1-24-15-8-11(12(18)10-19-15)13-9-14(21-20-13)16(23)22-7-3-2-4-17(22)5-6-17;1-13-6(3-11-4-14)5(2-12-13)7(8,9)10/h8-10H,2-7H2,1H3,(H,20,21);2,4H,3H2,1H3,(H,11,14). The number of pyridine rings is 1. The number of likely N-dealkylation sites (tertiary alicyclic amines) is 1. The van der Waals surface area contributed by atoms with Crippen LogP contribution in [0.2, 0.25) is 0 Å². The molecule has 0 unspecified atom stereocenters. The zero-order valence-corrected chi connectivity index (χ0v) is 20.8. The molecule has 0 bridgehead atoms. The average Bonchev–Trinajstić information content (AvgIpc) is 3.30. The third-order valence-electron chi connectivity index (χ3n) is 6.76. The molecule has 1 aliphatic heterocycles. The maximum atomic E-state index is 14.0. The maximum Gasteiger partial charge on any atom is 0.419 e. The number of hydrogen-bond donors (Lipinski definition) is 2. The lowest BCUT2D eigenvalue weighted by Gasteiger charge is -2.35. The SMILES string of the molecule is COc1cc(-c2cc(C(=O)N3CCCCC34CC4)[nH]n2)c(F)cn1.Cn1ncc(C(F)(F)F)c1CNC=O. The number of methoxy groups -OCH3 is 1. The second kappa shape index (κ2) is 10.8. The summed E-state index contributed by atoms with van der Waals surface area (Å²) in [5.41, 5.74) is 0.203. The molecule has 38 heavy (non-hydrogen) atoms. The first-order valence-electron chi connectivity index (χ1n) is 11.9. The summed E-state index contributed by atoms with van der Waals surface area (Å²) < 4.78 is 57.1. The molecule has 0 aromatic carbocycles. The third kappa shape index (κ3) is 5.63. The molecule has 3 aromatic heterocycles. The molecule has 0 radical (unpaired) electrons. The minimum atomic E-state index is -4.44. The van der Waals surface area contributed by atoms with E-state index < -0.39 is 17.6 Å². The lowest BCUT2D eigenvalue weighted by Crippen LogP contribution is -2.45. The lowest BCUT2D eigenvalue weighted by molar-refractivity contribution is -0.138. The smallest absolute Gasteiger partial charge is 0.419 e. The minimum Gasteiger partial charge on any atom is -0.481 e. The summed E-state index contributed by atoms with van der Waals surface area (Å²) in [4.78, 5) is 28.6. The molecule has 2 amide bonds. The van der Waals surface area contributed by atoms with Crippen molar-refractivity contribution in [2.24, 2.45) is 7.05 Å². The van der Waals surface area contributed by atoms with Crippen LogP contribution >= 0.6 is 0 Å². The van der Waals surface area contributed by atoms with Crippen LogP contribution in [0.25, 0.3) is 11.3 Å². The molecule has 1 saturated carbocycles. The van der Waals surface area contributed by atoms with Crippen LogP contribution in [0.5, 0.6) is 5.88 Å². The van der Waals surface area contributed by atoms with Crippen molar-refractivity contribution in [3.05, 3.63) is 47.3 Å². The van der Waals surface area contributed by atoms with Crippen molar-refractivity contribution in [2.75, 3.05) is 13.7 Å². The third-order valence-corrected chi connectivity index (χ3v) is 6.76. The van der Waals surface area contributed by atoms with Crippen LogP contribution in [0.4, 0.5) is 17.6 Å². The van der Waals surface area contributed by atoms with Crippen molar-refractivity contribution >= 4 is 12.3 Å². The number of piperidine rings is 1. The molecule has 2 aliphatic rings. The van der Waals surface area contributed by atoms with E-state index in [-0.39, 0.29) is 29.2 Å². The number of carbonyl (C=O) groups is 2. The number of halogens is 4. The Hall–Kier alpha value is -3.97. The van der Waals surface area contributed by atoms with Gasteiger partial charge in [0.05, 0.1) is 43.0 Å². The van der Waals surface area contributed by atoms with Crippen LogP contribution < -0.4 is 10.1 Å². The number of ether oxygens (including phenoxy) is 1. The average molecular weight is 538 g/mol. The molecule has 5 rings (SSSR count). The van der Waals surface area contributed by atoms with Crippen LogP contribution in [-0.2, 0) is 24.6 Å². The molecular weight excluding hydrogens is 510 g/mol. The molecule has 204 valence electrons. The van der Waals surface area contributed by atoms with Gasteiger partial charge in [-0.05, 0) is 38.2 Å². The number of hydrogen-bond acceptors (Lipinski definition) is 6. The first-order valence-corrected chi connectivity index (χ1v) is 11.9. The summed E-state index contributed by atoms with van der Waals surface area (Å²) in [5.74, 6) is -0.249. The van der Waals surface area contributed by atoms with Crippen LogP contribution in [0.3, 0.4) is 0 Å². The number of aryl methyl sites for hydroxylation is 1. The quantitative estimate of drug-likeness (QED) is 0.367. The van der Waals surface area contributed by atoms with Crippen molar-refractivity contribution in [3.63, 3.8) is 0 Å². The van der Waals surface area contributed by atoms with Gasteiger partial charge in [0.15, 0.2) is 5.82 Å². The van der Waals surface area contributed by atoms with Crippen molar-refractivity contribution in [3.8, 4) is 17.1 Å². The summed E-state index contributed by atoms with van der Waals surface area (Å²) >= 11 is 0. The number of nitrogens with zero attached hydrogens (tertiary/aromatic N) is 5. The second-order valence-electron chi connectivity index (χ2n) is 9.14. The number of H-pyrrole nitrogens is 1. The minimum absolute atomic E-state index is 0.0487. The highest BCUT2D eigenvalue weighted by molar-refractivity contribution is 5.94. The number of alkyl halides is 3. The molecule has 3 aromatic rings. The van der Waals surface area contributed by atoms with Crippen LogP contribution in [0, 0.1) is 5.82 Å². The fraction of sp³-hybridized carbons (Fsp3) is 0.458. The predicted molar refractivity (Wildman–Crippen MR) is 126 cm³/mol. The van der Waals surface area contributed by atoms with Gasteiger partial charge < -0.3 is 15.0 Å². The fourth-order valence-electron chi connectivity index (χ4n) is 4.57. The van der Waals surface area contributed by atoms with Gasteiger partial charge >= 0.3 is 6.18 Å². The van der Waals surface area contributed by atoms with E-state index in [1.165, 1.54) is 26.6 Å². The number of aromatic nitrogens is 5. The van der Waals surface area contributed by atoms with Gasteiger partial charge in [0.2, 0.25) is 12.3 Å². The first kappa shape index (κ1) is 27.1. The fourth-order valence-corrected chi connectivity index (χ4v) is 4.57. The highest BCUT2D eigenvalue weighted by Crippen LogP contribution is 2.48. The van der Waals surface area contributed by atoms with E-state index in [2.05, 4.69) is 25.6 Å². The number of rotatable bonds is 6. The summed E-state index contributed by atoms with van der Waals surface area (Å²) in [7, 11) is 2.85. The van der Waals surface area contributed by atoms with E-state index in [4.69, 9.17) is 4.74 Å². The monoisotopic (exact) mass is 537 g/mol. The second-order valence-corrected chi connectivity index (χ2v) is 9.14. The number of nitrogens with one attached hydrogen (secondary N) is 2. The predicted octanol–water partition coefficient (Wildman–Crippen LogP) is 3.46. The zero-order chi connectivity index (χ0) is 27.5. The molecule has 2 fully saturated rings. The summed E-state index contributed by atoms with van der Waals surface area (Å²) in [6.07, 6.45) is 3.18. The van der Waals surface area contributed by atoms with Crippen LogP contribution in [0.15, 0.2) is 24.5 Å². The summed E-state index contributed by atoms with van der Waals surface area (Å²) in [5, 5.41) is 12.5. The van der Waals surface area contributed by atoms with E-state index in [1.807, 2.05) is 4.90 Å². The zero-order valence-electron chi connectivity index (χ0n) is 20.8. The highest BCUT2D eigenvalue weighted by atomic mass is 19.4. The number of carbonyl (C=O) groups excluding carboxylic acids is 2.